The summed E-state index contributed by atoms with van der Waals surface area (Å²) in [7, 11) is 0. The summed E-state index contributed by atoms with van der Waals surface area (Å²) in [5, 5.41) is 2.64. The first-order chi connectivity index (χ1) is 15.5. The van der Waals surface area contributed by atoms with Gasteiger partial charge in [0.25, 0.3) is 0 Å². The first-order valence-electron chi connectivity index (χ1n) is 11.4. The van der Waals surface area contributed by atoms with Gasteiger partial charge in [0.2, 0.25) is 6.79 Å². The molecule has 0 unspecified atom stereocenters. The summed E-state index contributed by atoms with van der Waals surface area (Å²) in [5.41, 5.74) is 2.33. The van der Waals surface area contributed by atoms with Gasteiger partial charge in [0.1, 0.15) is 17.4 Å². The van der Waals surface area contributed by atoms with Gasteiger partial charge in [-0.15, -0.1) is 0 Å². The molecule has 2 aromatic rings. The molecular formula is C27H37NO5. The largest absolute Gasteiger partial charge is 0.457 e. The van der Waals surface area contributed by atoms with E-state index in [-0.39, 0.29) is 25.0 Å². The fourth-order valence-electron chi connectivity index (χ4n) is 3.39. The van der Waals surface area contributed by atoms with Gasteiger partial charge in [-0.2, -0.15) is 0 Å². The highest BCUT2D eigenvalue weighted by Gasteiger charge is 2.26. The van der Waals surface area contributed by atoms with Crippen molar-refractivity contribution in [2.45, 2.75) is 78.4 Å². The lowest BCUT2D eigenvalue weighted by atomic mass is 9.94. The maximum atomic E-state index is 12.9. The molecule has 0 saturated carbocycles. The van der Waals surface area contributed by atoms with Crippen molar-refractivity contribution in [1.82, 2.24) is 5.32 Å². The van der Waals surface area contributed by atoms with E-state index in [1.807, 2.05) is 48.5 Å². The van der Waals surface area contributed by atoms with Crippen LogP contribution in [0, 0.1) is 0 Å². The van der Waals surface area contributed by atoms with Crippen LogP contribution in [0.4, 0.5) is 4.79 Å². The van der Waals surface area contributed by atoms with E-state index in [0.29, 0.717) is 0 Å². The van der Waals surface area contributed by atoms with Gasteiger partial charge in [0, 0.05) is 6.42 Å². The van der Waals surface area contributed by atoms with E-state index in [1.54, 1.807) is 20.8 Å². The van der Waals surface area contributed by atoms with E-state index < -0.39 is 23.7 Å². The second-order valence-corrected chi connectivity index (χ2v) is 9.69. The summed E-state index contributed by atoms with van der Waals surface area (Å²) < 4.78 is 16.7. The Bertz CT molecular complexity index is 890. The number of alkyl carbamates (subject to hydrolysis) is 1. The van der Waals surface area contributed by atoms with Crippen molar-refractivity contribution in [3.8, 4) is 5.75 Å². The smallest absolute Gasteiger partial charge is 0.408 e. The molecule has 1 N–H and O–H groups in total. The minimum Gasteiger partial charge on any atom is -0.457 e. The Morgan fingerprint density at radius 2 is 1.45 bits per heavy atom. The molecule has 0 aromatic heterocycles. The number of rotatable bonds is 9. The fourth-order valence-corrected chi connectivity index (χ4v) is 3.39. The van der Waals surface area contributed by atoms with Crippen molar-refractivity contribution in [2.24, 2.45) is 0 Å². The Morgan fingerprint density at radius 1 is 0.879 bits per heavy atom. The first-order valence-corrected chi connectivity index (χ1v) is 11.4. The van der Waals surface area contributed by atoms with Gasteiger partial charge in [-0.3, -0.25) is 0 Å². The molecule has 1 amide bonds. The molecular weight excluding hydrogens is 418 g/mol. The monoisotopic (exact) mass is 455 g/mol. The molecule has 0 spiro atoms. The summed E-state index contributed by atoms with van der Waals surface area (Å²) in [6.07, 6.45) is -0.396. The highest BCUT2D eigenvalue weighted by Crippen LogP contribution is 2.34. The Kier molecular flexibility index (Phi) is 9.32. The number of carbonyl (C=O) groups excluding carboxylic acids is 2. The lowest BCUT2D eigenvalue weighted by Crippen LogP contribution is -2.45. The summed E-state index contributed by atoms with van der Waals surface area (Å²) in [5.74, 6) is 0.677. The van der Waals surface area contributed by atoms with Crippen LogP contribution in [0.3, 0.4) is 0 Å². The van der Waals surface area contributed by atoms with Gasteiger partial charge in [-0.25, -0.2) is 9.59 Å². The molecule has 2 rings (SSSR count). The van der Waals surface area contributed by atoms with Crippen LogP contribution in [-0.2, 0) is 20.7 Å². The second-order valence-electron chi connectivity index (χ2n) is 9.69. The number of hydrogen-bond donors (Lipinski definition) is 1. The van der Waals surface area contributed by atoms with Crippen LogP contribution in [0.25, 0.3) is 0 Å². The lowest BCUT2D eigenvalue weighted by Gasteiger charge is -2.23. The molecule has 6 nitrogen and oxygen atoms in total. The molecule has 180 valence electrons. The van der Waals surface area contributed by atoms with Crippen molar-refractivity contribution in [3.63, 3.8) is 0 Å². The summed E-state index contributed by atoms with van der Waals surface area (Å²) in [6, 6.07) is 14.6. The van der Waals surface area contributed by atoms with E-state index >= 15 is 0 Å². The number of ether oxygens (including phenoxy) is 3. The van der Waals surface area contributed by atoms with Gasteiger partial charge in [-0.05, 0) is 49.3 Å². The second kappa shape index (κ2) is 11.7. The Morgan fingerprint density at radius 3 is 1.97 bits per heavy atom. The van der Waals surface area contributed by atoms with E-state index in [2.05, 4.69) is 33.0 Å². The minimum atomic E-state index is -0.907. The van der Waals surface area contributed by atoms with Crippen LogP contribution in [0.2, 0.25) is 0 Å². The third-order valence-electron chi connectivity index (χ3n) is 4.98. The van der Waals surface area contributed by atoms with Gasteiger partial charge >= 0.3 is 12.1 Å². The summed E-state index contributed by atoms with van der Waals surface area (Å²) in [4.78, 5) is 25.2. The zero-order chi connectivity index (χ0) is 24.6. The number of amides is 1. The molecule has 2 aromatic carbocycles. The molecule has 0 aliphatic heterocycles. The number of carbonyl (C=O) groups is 2. The topological polar surface area (TPSA) is 73.9 Å². The molecule has 0 heterocycles. The van der Waals surface area contributed by atoms with Gasteiger partial charge in [0.15, 0.2) is 0 Å². The number of esters is 1. The number of hydrogen-bond acceptors (Lipinski definition) is 5. The molecule has 1 atom stereocenters. The third kappa shape index (κ3) is 8.44. The zero-order valence-corrected chi connectivity index (χ0v) is 20.8. The highest BCUT2D eigenvalue weighted by atomic mass is 16.7. The summed E-state index contributed by atoms with van der Waals surface area (Å²) >= 11 is 0. The van der Waals surface area contributed by atoms with Crippen LogP contribution in [-0.4, -0.2) is 30.5 Å². The number of benzene rings is 2. The van der Waals surface area contributed by atoms with Crippen LogP contribution in [0.15, 0.2) is 48.5 Å². The van der Waals surface area contributed by atoms with Gasteiger partial charge in [-0.1, -0.05) is 76.2 Å². The molecule has 33 heavy (non-hydrogen) atoms. The molecule has 0 fully saturated rings. The van der Waals surface area contributed by atoms with E-state index in [4.69, 9.17) is 14.2 Å². The molecule has 0 radical (unpaired) electrons. The SMILES string of the molecule is CC(C)c1cccc(C(C)C)c1OCOC(=O)[C@H](Cc1ccccc1)NC(=O)OC(C)(C)C. The average Bonchev–Trinajstić information content (AvgIpc) is 2.72. The van der Waals surface area contributed by atoms with E-state index in [1.165, 1.54) is 0 Å². The van der Waals surface area contributed by atoms with Crippen molar-refractivity contribution < 1.29 is 23.8 Å². The Labute approximate surface area is 197 Å². The molecule has 6 heteroatoms. The quantitative estimate of drug-likeness (QED) is 0.374. The van der Waals surface area contributed by atoms with Crippen molar-refractivity contribution in [2.75, 3.05) is 6.79 Å². The first kappa shape index (κ1) is 26.2. The predicted molar refractivity (Wildman–Crippen MR) is 130 cm³/mol. The zero-order valence-electron chi connectivity index (χ0n) is 20.8. The molecule has 0 saturated heterocycles. The minimum absolute atomic E-state index is 0.246. The average molecular weight is 456 g/mol. The fraction of sp³-hybridized carbons (Fsp3) is 0.481. The van der Waals surface area contributed by atoms with Crippen molar-refractivity contribution in [1.29, 1.82) is 0 Å². The molecule has 0 bridgehead atoms. The molecule has 0 aliphatic carbocycles. The van der Waals surface area contributed by atoms with Gasteiger partial charge < -0.3 is 19.5 Å². The maximum Gasteiger partial charge on any atom is 0.408 e. The summed E-state index contributed by atoms with van der Waals surface area (Å²) in [6.45, 7) is 13.4. The van der Waals surface area contributed by atoms with E-state index in [0.717, 1.165) is 22.4 Å². The van der Waals surface area contributed by atoms with Crippen molar-refractivity contribution >= 4 is 12.1 Å². The van der Waals surface area contributed by atoms with Crippen LogP contribution in [0.1, 0.15) is 77.0 Å². The van der Waals surface area contributed by atoms with Crippen LogP contribution >= 0.6 is 0 Å². The number of para-hydroxylation sites is 1. The standard InChI is InChI=1S/C27H37NO5/c1-18(2)21-14-11-15-22(19(3)4)24(21)31-17-32-25(29)23(16-20-12-9-8-10-13-20)28-26(30)33-27(5,6)7/h8-15,18-19,23H,16-17H2,1-7H3,(H,28,30)/t23-/m0/s1. The predicted octanol–water partition coefficient (Wildman–Crippen LogP) is 5.95. The lowest BCUT2D eigenvalue weighted by molar-refractivity contribution is -0.152. The van der Waals surface area contributed by atoms with Crippen LogP contribution < -0.4 is 10.1 Å². The maximum absolute atomic E-state index is 12.9. The van der Waals surface area contributed by atoms with Crippen LogP contribution in [0.5, 0.6) is 5.75 Å². The third-order valence-corrected chi connectivity index (χ3v) is 4.98. The van der Waals surface area contributed by atoms with Crippen molar-refractivity contribution in [3.05, 3.63) is 65.2 Å². The molecule has 0 aliphatic rings. The normalized spacial score (nSPS) is 12.4. The van der Waals surface area contributed by atoms with Gasteiger partial charge in [0.05, 0.1) is 0 Å². The highest BCUT2D eigenvalue weighted by molar-refractivity contribution is 5.81. The number of nitrogens with one attached hydrogen (secondary N) is 1. The Balaban J connectivity index is 2.12. The Hall–Kier alpha value is -3.02. The van der Waals surface area contributed by atoms with E-state index in [9.17, 15) is 9.59 Å².